The molecule has 0 radical (unpaired) electrons. The Morgan fingerprint density at radius 2 is 1.90 bits per heavy atom. The van der Waals surface area contributed by atoms with E-state index in [0.29, 0.717) is 24.7 Å². The molecule has 1 N–H and O–H groups in total. The molecule has 2 aromatic rings. The molecule has 114 valence electrons. The van der Waals surface area contributed by atoms with Gasteiger partial charge in [-0.25, -0.2) is 0 Å². The van der Waals surface area contributed by atoms with E-state index in [0.717, 1.165) is 26.9 Å². The van der Waals surface area contributed by atoms with Crippen LogP contribution >= 0.6 is 31.9 Å². The maximum atomic E-state index is 5.73. The van der Waals surface area contributed by atoms with Crippen molar-refractivity contribution in [1.82, 2.24) is 10.5 Å². The van der Waals surface area contributed by atoms with Crippen molar-refractivity contribution in [2.75, 3.05) is 13.7 Å². The molecule has 0 fully saturated rings. The molecular formula is C14H16Br2N2O3. The number of hydrogen-bond acceptors (Lipinski definition) is 5. The first kappa shape index (κ1) is 16.3. The van der Waals surface area contributed by atoms with Gasteiger partial charge in [0, 0.05) is 12.6 Å². The molecule has 0 amide bonds. The molecule has 0 aliphatic heterocycles. The fourth-order valence-electron chi connectivity index (χ4n) is 1.69. The fourth-order valence-corrected chi connectivity index (χ4v) is 2.61. The van der Waals surface area contributed by atoms with Crippen molar-refractivity contribution in [3.05, 3.63) is 38.6 Å². The Labute approximate surface area is 140 Å². The summed E-state index contributed by atoms with van der Waals surface area (Å²) in [6, 6.07) is 5.57. The SMILES string of the molecule is CCNCc1cc(COc2cc(Br)c(OC)cc2Br)on1. The minimum absolute atomic E-state index is 0.316. The molecule has 1 heterocycles. The predicted molar refractivity (Wildman–Crippen MR) is 86.6 cm³/mol. The molecule has 0 spiro atoms. The third-order valence-electron chi connectivity index (χ3n) is 2.74. The minimum atomic E-state index is 0.316. The Hall–Kier alpha value is -1.05. The molecule has 1 aromatic carbocycles. The molecule has 0 bridgehead atoms. The maximum absolute atomic E-state index is 5.73. The third-order valence-corrected chi connectivity index (χ3v) is 3.98. The number of aromatic nitrogens is 1. The second-order valence-electron chi connectivity index (χ2n) is 4.27. The Balaban J connectivity index is 1.99. The Morgan fingerprint density at radius 1 is 1.19 bits per heavy atom. The highest BCUT2D eigenvalue weighted by atomic mass is 79.9. The average Bonchev–Trinajstić information content (AvgIpc) is 2.93. The zero-order valence-electron chi connectivity index (χ0n) is 11.8. The Bertz CT molecular complexity index is 602. The molecule has 1 aromatic heterocycles. The van der Waals surface area contributed by atoms with Crippen LogP contribution in [0.3, 0.4) is 0 Å². The van der Waals surface area contributed by atoms with E-state index in [-0.39, 0.29) is 0 Å². The Morgan fingerprint density at radius 3 is 2.62 bits per heavy atom. The Kier molecular flexibility index (Phi) is 6.08. The second kappa shape index (κ2) is 7.82. The molecule has 0 atom stereocenters. The van der Waals surface area contributed by atoms with Crippen LogP contribution in [-0.4, -0.2) is 18.8 Å². The number of rotatable bonds is 7. The van der Waals surface area contributed by atoms with Gasteiger partial charge in [-0.2, -0.15) is 0 Å². The molecule has 2 rings (SSSR count). The summed E-state index contributed by atoms with van der Waals surface area (Å²) >= 11 is 6.88. The van der Waals surface area contributed by atoms with E-state index in [2.05, 4.69) is 42.3 Å². The molecule has 0 unspecified atom stereocenters. The molecule has 0 saturated carbocycles. The molecule has 0 saturated heterocycles. The molecule has 7 heteroatoms. The first-order valence-electron chi connectivity index (χ1n) is 6.45. The van der Waals surface area contributed by atoms with Gasteiger partial charge in [-0.05, 0) is 50.5 Å². The standard InChI is InChI=1S/C14H16Br2N2O3/c1-3-17-7-9-4-10(21-18-9)8-20-14-6-11(15)13(19-2)5-12(14)16/h4-6,17H,3,7-8H2,1-2H3. The zero-order valence-corrected chi connectivity index (χ0v) is 15.0. The number of halogens is 2. The van der Waals surface area contributed by atoms with E-state index in [9.17, 15) is 0 Å². The lowest BCUT2D eigenvalue weighted by Crippen LogP contribution is -2.11. The van der Waals surface area contributed by atoms with Crippen molar-refractivity contribution in [3.8, 4) is 11.5 Å². The van der Waals surface area contributed by atoms with Gasteiger partial charge < -0.3 is 19.3 Å². The van der Waals surface area contributed by atoms with Gasteiger partial charge >= 0.3 is 0 Å². The average molecular weight is 420 g/mol. The fraction of sp³-hybridized carbons (Fsp3) is 0.357. The summed E-state index contributed by atoms with van der Waals surface area (Å²) in [6.45, 7) is 3.95. The summed E-state index contributed by atoms with van der Waals surface area (Å²) < 4.78 is 17.8. The highest BCUT2D eigenvalue weighted by Gasteiger charge is 2.10. The van der Waals surface area contributed by atoms with E-state index in [1.807, 2.05) is 25.1 Å². The van der Waals surface area contributed by atoms with E-state index >= 15 is 0 Å². The van der Waals surface area contributed by atoms with Crippen molar-refractivity contribution in [2.24, 2.45) is 0 Å². The van der Waals surface area contributed by atoms with E-state index in [1.165, 1.54) is 0 Å². The van der Waals surface area contributed by atoms with Crippen LogP contribution in [0.4, 0.5) is 0 Å². The zero-order chi connectivity index (χ0) is 15.2. The predicted octanol–water partition coefficient (Wildman–Crippen LogP) is 3.90. The second-order valence-corrected chi connectivity index (χ2v) is 5.98. The summed E-state index contributed by atoms with van der Waals surface area (Å²) in [4.78, 5) is 0. The minimum Gasteiger partial charge on any atom is -0.496 e. The van der Waals surface area contributed by atoms with Gasteiger partial charge in [0.25, 0.3) is 0 Å². The largest absolute Gasteiger partial charge is 0.496 e. The van der Waals surface area contributed by atoms with E-state index in [1.54, 1.807) is 7.11 Å². The van der Waals surface area contributed by atoms with Crippen LogP contribution in [0.15, 0.2) is 31.7 Å². The van der Waals surface area contributed by atoms with Gasteiger partial charge in [0.1, 0.15) is 18.1 Å². The number of nitrogens with one attached hydrogen (secondary N) is 1. The van der Waals surface area contributed by atoms with Gasteiger partial charge in [0.05, 0.1) is 21.7 Å². The lowest BCUT2D eigenvalue weighted by molar-refractivity contribution is 0.246. The number of ether oxygens (including phenoxy) is 2. The molecule has 21 heavy (non-hydrogen) atoms. The highest BCUT2D eigenvalue weighted by molar-refractivity contribution is 9.11. The normalized spacial score (nSPS) is 10.7. The first-order chi connectivity index (χ1) is 10.1. The van der Waals surface area contributed by atoms with Crippen molar-refractivity contribution >= 4 is 31.9 Å². The monoisotopic (exact) mass is 418 g/mol. The number of benzene rings is 1. The van der Waals surface area contributed by atoms with Crippen LogP contribution in [-0.2, 0) is 13.2 Å². The van der Waals surface area contributed by atoms with Crippen LogP contribution < -0.4 is 14.8 Å². The molecular weight excluding hydrogens is 404 g/mol. The van der Waals surface area contributed by atoms with Gasteiger partial charge in [0.2, 0.25) is 0 Å². The van der Waals surface area contributed by atoms with E-state index in [4.69, 9.17) is 14.0 Å². The van der Waals surface area contributed by atoms with Crippen LogP contribution in [0.1, 0.15) is 18.4 Å². The maximum Gasteiger partial charge on any atom is 0.174 e. The smallest absolute Gasteiger partial charge is 0.174 e. The summed E-state index contributed by atoms with van der Waals surface area (Å²) in [5.74, 6) is 2.12. The van der Waals surface area contributed by atoms with Crippen molar-refractivity contribution in [3.63, 3.8) is 0 Å². The summed E-state index contributed by atoms with van der Waals surface area (Å²) in [6.07, 6.45) is 0. The number of methoxy groups -OCH3 is 1. The van der Waals surface area contributed by atoms with Gasteiger partial charge in [-0.15, -0.1) is 0 Å². The first-order valence-corrected chi connectivity index (χ1v) is 8.03. The number of nitrogens with zero attached hydrogens (tertiary/aromatic N) is 1. The van der Waals surface area contributed by atoms with Gasteiger partial charge in [-0.1, -0.05) is 12.1 Å². The van der Waals surface area contributed by atoms with Crippen molar-refractivity contribution < 1.29 is 14.0 Å². The van der Waals surface area contributed by atoms with Crippen LogP contribution in [0.25, 0.3) is 0 Å². The van der Waals surface area contributed by atoms with E-state index < -0.39 is 0 Å². The summed E-state index contributed by atoms with van der Waals surface area (Å²) in [5, 5.41) is 7.16. The topological polar surface area (TPSA) is 56.5 Å². The van der Waals surface area contributed by atoms with Crippen LogP contribution in [0.5, 0.6) is 11.5 Å². The highest BCUT2D eigenvalue weighted by Crippen LogP contribution is 2.36. The molecule has 5 nitrogen and oxygen atoms in total. The lowest BCUT2D eigenvalue weighted by Gasteiger charge is -2.09. The molecule has 0 aliphatic carbocycles. The lowest BCUT2D eigenvalue weighted by atomic mass is 10.3. The van der Waals surface area contributed by atoms with Crippen molar-refractivity contribution in [2.45, 2.75) is 20.1 Å². The third kappa shape index (κ3) is 4.46. The van der Waals surface area contributed by atoms with Crippen LogP contribution in [0.2, 0.25) is 0 Å². The summed E-state index contributed by atoms with van der Waals surface area (Å²) in [5.41, 5.74) is 0.866. The van der Waals surface area contributed by atoms with Crippen molar-refractivity contribution in [1.29, 1.82) is 0 Å². The summed E-state index contributed by atoms with van der Waals surface area (Å²) in [7, 11) is 1.62. The van der Waals surface area contributed by atoms with Gasteiger partial charge in [0.15, 0.2) is 5.76 Å². The molecule has 0 aliphatic rings. The quantitative estimate of drug-likeness (QED) is 0.737. The van der Waals surface area contributed by atoms with Gasteiger partial charge in [-0.3, -0.25) is 0 Å². The van der Waals surface area contributed by atoms with Crippen LogP contribution in [0, 0.1) is 0 Å². The number of hydrogen-bond donors (Lipinski definition) is 1.